The highest BCUT2D eigenvalue weighted by Gasteiger charge is 2.32. The van der Waals surface area contributed by atoms with Gasteiger partial charge in [0.05, 0.1) is 11.6 Å². The molecule has 0 spiro atoms. The fourth-order valence-electron chi connectivity index (χ4n) is 0.848. The number of carboxylic acid groups (broad SMARTS) is 1. The van der Waals surface area contributed by atoms with Gasteiger partial charge in [-0.05, 0) is 18.4 Å². The quantitative estimate of drug-likeness (QED) is 0.735. The predicted octanol–water partition coefficient (Wildman–Crippen LogP) is 0.515. The van der Waals surface area contributed by atoms with E-state index in [1.54, 1.807) is 0 Å². The first kappa shape index (κ1) is 14.4. The molecule has 0 fully saturated rings. The molecule has 6 nitrogen and oxygen atoms in total. The molecule has 1 aromatic heterocycles. The SMILES string of the molecule is CC(O)(CNS(=O)(=O)c1sccc1Cl)C(=O)O. The lowest BCUT2D eigenvalue weighted by molar-refractivity contribution is -0.155. The Morgan fingerprint density at radius 2 is 2.24 bits per heavy atom. The van der Waals surface area contributed by atoms with Crippen LogP contribution in [0, 0.1) is 0 Å². The van der Waals surface area contributed by atoms with Gasteiger partial charge in [0.1, 0.15) is 0 Å². The molecule has 0 bridgehead atoms. The minimum Gasteiger partial charge on any atom is -0.479 e. The number of aliphatic hydroxyl groups is 1. The first-order valence-electron chi connectivity index (χ1n) is 4.35. The van der Waals surface area contributed by atoms with Gasteiger partial charge in [0.15, 0.2) is 9.81 Å². The number of rotatable bonds is 5. The lowest BCUT2D eigenvalue weighted by Gasteiger charge is -2.17. The van der Waals surface area contributed by atoms with Crippen molar-refractivity contribution >= 4 is 38.9 Å². The largest absolute Gasteiger partial charge is 0.479 e. The highest BCUT2D eigenvalue weighted by molar-refractivity contribution is 7.91. The molecule has 1 aromatic rings. The van der Waals surface area contributed by atoms with Gasteiger partial charge in [-0.15, -0.1) is 11.3 Å². The molecular formula is C8H10ClNO5S2. The van der Waals surface area contributed by atoms with Crippen molar-refractivity contribution < 1.29 is 23.4 Å². The van der Waals surface area contributed by atoms with E-state index in [-0.39, 0.29) is 9.23 Å². The highest BCUT2D eigenvalue weighted by Crippen LogP contribution is 2.26. The van der Waals surface area contributed by atoms with Crippen molar-refractivity contribution in [3.8, 4) is 0 Å². The molecule has 0 aliphatic rings. The molecule has 1 unspecified atom stereocenters. The van der Waals surface area contributed by atoms with Crippen LogP contribution >= 0.6 is 22.9 Å². The Bertz CT molecular complexity index is 522. The molecule has 1 rings (SSSR count). The molecular weight excluding hydrogens is 290 g/mol. The van der Waals surface area contributed by atoms with Gasteiger partial charge in [0.2, 0.25) is 0 Å². The molecule has 0 amide bonds. The van der Waals surface area contributed by atoms with Crippen LogP contribution in [0.15, 0.2) is 15.7 Å². The summed E-state index contributed by atoms with van der Waals surface area (Å²) in [5.74, 6) is -1.52. The summed E-state index contributed by atoms with van der Waals surface area (Å²) in [4.78, 5) is 10.6. The molecule has 1 atom stereocenters. The van der Waals surface area contributed by atoms with Gasteiger partial charge in [-0.3, -0.25) is 0 Å². The van der Waals surface area contributed by atoms with E-state index in [1.807, 2.05) is 4.72 Å². The predicted molar refractivity (Wildman–Crippen MR) is 62.8 cm³/mol. The first-order chi connectivity index (χ1) is 7.67. The van der Waals surface area contributed by atoms with E-state index in [1.165, 1.54) is 11.4 Å². The van der Waals surface area contributed by atoms with Gasteiger partial charge in [0, 0.05) is 0 Å². The average Bonchev–Trinajstić information content (AvgIpc) is 2.62. The lowest BCUT2D eigenvalue weighted by atomic mass is 10.1. The van der Waals surface area contributed by atoms with Crippen molar-refractivity contribution in [2.75, 3.05) is 6.54 Å². The Balaban J connectivity index is 2.83. The van der Waals surface area contributed by atoms with E-state index < -0.39 is 28.1 Å². The zero-order valence-corrected chi connectivity index (χ0v) is 11.1. The van der Waals surface area contributed by atoms with Gasteiger partial charge in [0.25, 0.3) is 10.0 Å². The second-order valence-electron chi connectivity index (χ2n) is 3.46. The summed E-state index contributed by atoms with van der Waals surface area (Å²) in [6.45, 7) is 0.354. The van der Waals surface area contributed by atoms with Crippen molar-refractivity contribution in [1.29, 1.82) is 0 Å². The van der Waals surface area contributed by atoms with Crippen LogP contribution in [0.2, 0.25) is 5.02 Å². The van der Waals surface area contributed by atoms with Gasteiger partial charge >= 0.3 is 5.97 Å². The number of hydrogen-bond donors (Lipinski definition) is 3. The van der Waals surface area contributed by atoms with Crippen LogP contribution in [0.3, 0.4) is 0 Å². The third kappa shape index (κ3) is 3.39. The molecule has 96 valence electrons. The Labute approximate surface area is 107 Å². The van der Waals surface area contributed by atoms with Crippen molar-refractivity contribution in [2.24, 2.45) is 0 Å². The number of hydrogen-bond acceptors (Lipinski definition) is 5. The number of halogens is 1. The van der Waals surface area contributed by atoms with E-state index in [0.29, 0.717) is 0 Å². The highest BCUT2D eigenvalue weighted by atomic mass is 35.5. The summed E-state index contributed by atoms with van der Waals surface area (Å²) in [5, 5.41) is 19.5. The molecule has 0 radical (unpaired) electrons. The van der Waals surface area contributed by atoms with Crippen LogP contribution in [0.5, 0.6) is 0 Å². The van der Waals surface area contributed by atoms with Gasteiger partial charge < -0.3 is 10.2 Å². The number of sulfonamides is 1. The normalized spacial score (nSPS) is 15.5. The van der Waals surface area contributed by atoms with Gasteiger partial charge in [-0.1, -0.05) is 11.6 Å². The maximum Gasteiger partial charge on any atom is 0.336 e. The maximum atomic E-state index is 11.7. The minimum atomic E-state index is -3.90. The number of carboxylic acids is 1. The van der Waals surface area contributed by atoms with E-state index in [0.717, 1.165) is 18.3 Å². The monoisotopic (exact) mass is 299 g/mol. The first-order valence-corrected chi connectivity index (χ1v) is 7.09. The molecule has 9 heteroatoms. The summed E-state index contributed by atoms with van der Waals surface area (Å²) < 4.78 is 25.3. The average molecular weight is 300 g/mol. The summed E-state index contributed by atoms with van der Waals surface area (Å²) in [7, 11) is -3.90. The minimum absolute atomic E-state index is 0.0532. The zero-order valence-electron chi connectivity index (χ0n) is 8.68. The standard InChI is InChI=1S/C8H10ClNO5S2/c1-8(13,7(11)12)4-10-17(14,15)6-5(9)2-3-16-6/h2-3,10,13H,4H2,1H3,(H,11,12). The fraction of sp³-hybridized carbons (Fsp3) is 0.375. The molecule has 1 heterocycles. The Morgan fingerprint density at radius 3 is 2.65 bits per heavy atom. The van der Waals surface area contributed by atoms with E-state index in [4.69, 9.17) is 16.7 Å². The van der Waals surface area contributed by atoms with Crippen molar-refractivity contribution in [2.45, 2.75) is 16.7 Å². The van der Waals surface area contributed by atoms with Crippen LogP contribution in [0.1, 0.15) is 6.92 Å². The summed E-state index contributed by atoms with van der Waals surface area (Å²) in [5.41, 5.74) is -2.17. The summed E-state index contributed by atoms with van der Waals surface area (Å²) in [6, 6.07) is 1.41. The molecule has 3 N–H and O–H groups in total. The number of thiophene rings is 1. The van der Waals surface area contributed by atoms with Crippen LogP contribution in [-0.4, -0.2) is 36.7 Å². The molecule has 0 aliphatic carbocycles. The molecule has 0 aromatic carbocycles. The zero-order chi connectivity index (χ0) is 13.3. The Hall–Kier alpha value is -0.670. The lowest BCUT2D eigenvalue weighted by Crippen LogP contribution is -2.46. The number of nitrogens with one attached hydrogen (secondary N) is 1. The van der Waals surface area contributed by atoms with Gasteiger partial charge in [-0.25, -0.2) is 17.9 Å². The Morgan fingerprint density at radius 1 is 1.65 bits per heavy atom. The Kier molecular flexibility index (Phi) is 4.15. The van der Waals surface area contributed by atoms with Crippen LogP contribution in [-0.2, 0) is 14.8 Å². The van der Waals surface area contributed by atoms with Crippen LogP contribution in [0.25, 0.3) is 0 Å². The topological polar surface area (TPSA) is 104 Å². The van der Waals surface area contributed by atoms with Crippen LogP contribution < -0.4 is 4.72 Å². The fourth-order valence-corrected chi connectivity index (χ4v) is 3.71. The molecule has 17 heavy (non-hydrogen) atoms. The van der Waals surface area contributed by atoms with Crippen LogP contribution in [0.4, 0.5) is 0 Å². The molecule has 0 aliphatic heterocycles. The van der Waals surface area contributed by atoms with E-state index in [2.05, 4.69) is 0 Å². The van der Waals surface area contributed by atoms with Crippen molar-refractivity contribution in [3.63, 3.8) is 0 Å². The second-order valence-corrected chi connectivity index (χ2v) is 6.75. The van der Waals surface area contributed by atoms with Crippen molar-refractivity contribution in [1.82, 2.24) is 4.72 Å². The maximum absolute atomic E-state index is 11.7. The summed E-state index contributed by atoms with van der Waals surface area (Å²) >= 11 is 6.55. The van der Waals surface area contributed by atoms with E-state index >= 15 is 0 Å². The second kappa shape index (κ2) is 4.91. The molecule has 0 saturated carbocycles. The van der Waals surface area contributed by atoms with E-state index in [9.17, 15) is 18.3 Å². The third-order valence-electron chi connectivity index (χ3n) is 1.90. The van der Waals surface area contributed by atoms with Gasteiger partial charge in [-0.2, -0.15) is 0 Å². The van der Waals surface area contributed by atoms with Crippen molar-refractivity contribution in [3.05, 3.63) is 16.5 Å². The third-order valence-corrected chi connectivity index (χ3v) is 5.32. The smallest absolute Gasteiger partial charge is 0.336 e. The molecule has 0 saturated heterocycles. The number of aliphatic carboxylic acids is 1. The number of carbonyl (C=O) groups is 1. The summed E-state index contributed by atoms with van der Waals surface area (Å²) in [6.07, 6.45) is 0.